The molecule has 1 aliphatic carbocycles. The fourth-order valence-corrected chi connectivity index (χ4v) is 8.79. The van der Waals surface area contributed by atoms with Crippen molar-refractivity contribution in [3.63, 3.8) is 0 Å². The Bertz CT molecular complexity index is 2240. The molecule has 0 radical (unpaired) electrons. The topological polar surface area (TPSA) is 162 Å². The number of piperidine rings is 2. The van der Waals surface area contributed by atoms with Gasteiger partial charge in [-0.25, -0.2) is 19.2 Å². The molecule has 1 saturated carbocycles. The van der Waals surface area contributed by atoms with E-state index in [0.29, 0.717) is 37.0 Å². The lowest BCUT2D eigenvalue weighted by Crippen LogP contribution is -2.50. The van der Waals surface area contributed by atoms with Crippen LogP contribution in [0.1, 0.15) is 85.4 Å². The summed E-state index contributed by atoms with van der Waals surface area (Å²) >= 11 is 0. The van der Waals surface area contributed by atoms with Gasteiger partial charge in [-0.2, -0.15) is 23.5 Å². The number of amides is 4. The Labute approximate surface area is 337 Å². The van der Waals surface area contributed by atoms with Crippen LogP contribution < -0.4 is 25.2 Å². The first-order valence-corrected chi connectivity index (χ1v) is 20.1. The van der Waals surface area contributed by atoms with Crippen molar-refractivity contribution in [3.8, 4) is 11.8 Å². The van der Waals surface area contributed by atoms with E-state index in [1.807, 2.05) is 4.68 Å². The fraction of sp³-hybridized carbons (Fsp3) is 0.488. The number of nitriles is 1. The zero-order chi connectivity index (χ0) is 41.3. The molecule has 5 heterocycles. The number of anilines is 2. The number of hydrogen-bond donors (Lipinski definition) is 2. The van der Waals surface area contributed by atoms with Gasteiger partial charge in [0.1, 0.15) is 23.1 Å². The number of urea groups is 1. The predicted octanol–water partition coefficient (Wildman–Crippen LogP) is 5.98. The third-order valence-electron chi connectivity index (χ3n) is 12.0. The van der Waals surface area contributed by atoms with Crippen molar-refractivity contribution in [2.75, 3.05) is 49.1 Å². The number of fused-ring (bicyclic) bond motifs is 1. The molecule has 14 nitrogen and oxygen atoms in total. The number of ether oxygens (including phenoxy) is 1. The highest BCUT2D eigenvalue weighted by Gasteiger charge is 2.35. The van der Waals surface area contributed by atoms with Crippen LogP contribution in [0.15, 0.2) is 48.9 Å². The van der Waals surface area contributed by atoms with Gasteiger partial charge in [0.25, 0.3) is 5.91 Å². The Hall–Kier alpha value is -5.83. The number of benzene rings is 2. The Morgan fingerprint density at radius 3 is 2.37 bits per heavy atom. The number of imide groups is 1. The van der Waals surface area contributed by atoms with Crippen molar-refractivity contribution < 1.29 is 36.7 Å². The van der Waals surface area contributed by atoms with Crippen molar-refractivity contribution in [2.24, 2.45) is 5.92 Å². The molecule has 4 fully saturated rings. The first kappa shape index (κ1) is 40.0. The molecule has 59 heavy (non-hydrogen) atoms. The molecule has 18 heteroatoms. The number of nitrogens with zero attached hydrogens (tertiary/aromatic N) is 8. The van der Waals surface area contributed by atoms with Crippen molar-refractivity contribution in [3.05, 3.63) is 71.6 Å². The number of hydrogen-bond acceptors (Lipinski definition) is 10. The molecule has 4 aliphatic rings. The maximum atomic E-state index is 15.0. The minimum atomic E-state index is -4.66. The number of halogens is 4. The summed E-state index contributed by atoms with van der Waals surface area (Å²) in [5.41, 5.74) is -0.350. The highest BCUT2D eigenvalue weighted by atomic mass is 19.4. The van der Waals surface area contributed by atoms with Crippen LogP contribution in [0.5, 0.6) is 5.75 Å². The summed E-state index contributed by atoms with van der Waals surface area (Å²) in [5, 5.41) is 19.5. The van der Waals surface area contributed by atoms with Gasteiger partial charge in [0.2, 0.25) is 5.91 Å². The van der Waals surface area contributed by atoms with Crippen LogP contribution in [0.4, 0.5) is 33.9 Å². The van der Waals surface area contributed by atoms with E-state index in [1.54, 1.807) is 24.5 Å². The van der Waals surface area contributed by atoms with Gasteiger partial charge in [0.05, 0.1) is 59.1 Å². The molecule has 2 aromatic carbocycles. The highest BCUT2D eigenvalue weighted by molar-refractivity contribution is 6.09. The SMILES string of the molecule is N#Cc1ccc(O[C@H]2CC[C@H](NC(=O)c3cnc(N4CCC(CN5CCC(n6ncc7c(N8CCC(=O)NC8=O)c(F)ccc76)CC5)CC4)cn3)CC2)cc1C(F)(F)F. The Kier molecular flexibility index (Phi) is 11.4. The molecule has 0 bridgehead atoms. The monoisotopic (exact) mass is 816 g/mol. The predicted molar refractivity (Wildman–Crippen MR) is 207 cm³/mol. The van der Waals surface area contributed by atoms with Crippen LogP contribution in [0.25, 0.3) is 10.9 Å². The summed E-state index contributed by atoms with van der Waals surface area (Å²) in [7, 11) is 0. The van der Waals surface area contributed by atoms with Gasteiger partial charge in [0.15, 0.2) is 0 Å². The lowest BCUT2D eigenvalue weighted by molar-refractivity contribution is -0.138. The molecule has 2 aromatic heterocycles. The van der Waals surface area contributed by atoms with Crippen LogP contribution in [0.2, 0.25) is 0 Å². The van der Waals surface area contributed by atoms with Crippen molar-refractivity contribution in [1.82, 2.24) is 35.3 Å². The molecule has 4 aromatic rings. The van der Waals surface area contributed by atoms with E-state index in [1.165, 1.54) is 23.2 Å². The van der Waals surface area contributed by atoms with E-state index in [0.717, 1.165) is 81.9 Å². The molecule has 2 N–H and O–H groups in total. The van der Waals surface area contributed by atoms with Gasteiger partial charge in [-0.3, -0.25) is 24.5 Å². The van der Waals surface area contributed by atoms with E-state index in [-0.39, 0.29) is 60.1 Å². The molecule has 0 atom stereocenters. The molecule has 0 spiro atoms. The number of rotatable bonds is 9. The molecule has 3 saturated heterocycles. The van der Waals surface area contributed by atoms with E-state index in [9.17, 15) is 27.6 Å². The smallest absolute Gasteiger partial charge is 0.417 e. The summed E-state index contributed by atoms with van der Waals surface area (Å²) in [5.74, 6) is 0.0750. The normalized spacial score (nSPS) is 21.3. The summed E-state index contributed by atoms with van der Waals surface area (Å²) in [6.45, 7) is 4.57. The number of aromatic nitrogens is 4. The maximum absolute atomic E-state index is 15.0. The number of carbonyl (C=O) groups excluding carboxylic acids is 3. The van der Waals surface area contributed by atoms with Gasteiger partial charge in [-0.1, -0.05) is 0 Å². The van der Waals surface area contributed by atoms with Gasteiger partial charge in [-0.15, -0.1) is 0 Å². The van der Waals surface area contributed by atoms with Crippen molar-refractivity contribution in [2.45, 2.75) is 82.2 Å². The van der Waals surface area contributed by atoms with Gasteiger partial charge >= 0.3 is 12.2 Å². The number of nitrogens with one attached hydrogen (secondary N) is 2. The van der Waals surface area contributed by atoms with Gasteiger partial charge < -0.3 is 19.9 Å². The average Bonchev–Trinajstić information content (AvgIpc) is 3.66. The third kappa shape index (κ3) is 8.80. The number of alkyl halides is 3. The van der Waals surface area contributed by atoms with Gasteiger partial charge in [-0.05, 0) is 87.6 Å². The third-order valence-corrected chi connectivity index (χ3v) is 12.0. The second-order valence-corrected chi connectivity index (χ2v) is 15.8. The minimum absolute atomic E-state index is 0.0613. The molecule has 0 unspecified atom stereocenters. The van der Waals surface area contributed by atoms with E-state index < -0.39 is 29.2 Å². The fourth-order valence-electron chi connectivity index (χ4n) is 8.79. The lowest BCUT2D eigenvalue weighted by atomic mass is 9.92. The van der Waals surface area contributed by atoms with Crippen molar-refractivity contribution >= 4 is 40.3 Å². The lowest BCUT2D eigenvalue weighted by Gasteiger charge is -2.38. The van der Waals surface area contributed by atoms with Crippen LogP contribution >= 0.6 is 0 Å². The Morgan fingerprint density at radius 2 is 1.69 bits per heavy atom. The average molecular weight is 817 g/mol. The summed E-state index contributed by atoms with van der Waals surface area (Å²) in [4.78, 5) is 52.1. The molecule has 4 amide bonds. The zero-order valence-corrected chi connectivity index (χ0v) is 32.3. The Balaban J connectivity index is 0.765. The maximum Gasteiger partial charge on any atom is 0.417 e. The largest absolute Gasteiger partial charge is 0.490 e. The molecular formula is C41H44F4N10O4. The first-order chi connectivity index (χ1) is 28.4. The van der Waals surface area contributed by atoms with Crippen LogP contribution in [0, 0.1) is 23.1 Å². The standard InChI is InChI=1S/C41H44F4N10O4/c42-33-7-8-35-31(38(33)54-18-13-37(56)51-40(54)58)21-49-55(35)28-11-14-52(15-12-28)24-25-9-16-53(17-10-25)36-23-47-34(22-48-36)39(57)50-27-2-5-29(6-3-27)59-30-4-1-26(20-46)32(19-30)41(43,44)45/h1,4,7-8,19,21-23,25,27-29H,2-3,5-6,9-18,24H2,(H,50,57)(H,51,56,58)/t27-,29-. The van der Waals surface area contributed by atoms with Crippen molar-refractivity contribution in [1.29, 1.82) is 5.26 Å². The molecule has 3 aliphatic heterocycles. The summed E-state index contributed by atoms with van der Waals surface area (Å²) in [6, 6.07) is 7.37. The molecular weight excluding hydrogens is 773 g/mol. The van der Waals surface area contributed by atoms with Crippen LogP contribution in [-0.2, 0) is 11.0 Å². The molecule has 8 rings (SSSR count). The quantitative estimate of drug-likeness (QED) is 0.193. The minimum Gasteiger partial charge on any atom is -0.490 e. The van der Waals surface area contributed by atoms with E-state index in [4.69, 9.17) is 10.00 Å². The number of carbonyl (C=O) groups is 3. The summed E-state index contributed by atoms with van der Waals surface area (Å²) < 4.78 is 62.9. The second-order valence-electron chi connectivity index (χ2n) is 15.8. The second kappa shape index (κ2) is 16.8. The van der Waals surface area contributed by atoms with E-state index in [2.05, 4.69) is 35.5 Å². The van der Waals surface area contributed by atoms with Crippen LogP contribution in [-0.4, -0.2) is 93.9 Å². The van der Waals surface area contributed by atoms with Gasteiger partial charge in [0, 0.05) is 57.1 Å². The summed E-state index contributed by atoms with van der Waals surface area (Å²) in [6.07, 6.45) is 5.94. The number of likely N-dealkylation sites (tertiary alicyclic amines) is 1. The van der Waals surface area contributed by atoms with E-state index >= 15 is 4.39 Å². The Morgan fingerprint density at radius 1 is 0.932 bits per heavy atom. The zero-order valence-electron chi connectivity index (χ0n) is 32.3. The first-order valence-electron chi connectivity index (χ1n) is 20.1. The highest BCUT2D eigenvalue weighted by Crippen LogP contribution is 2.37. The van der Waals surface area contributed by atoms with Crippen LogP contribution in [0.3, 0.4) is 0 Å². The molecule has 310 valence electrons.